The molecule has 0 spiro atoms. The van der Waals surface area contributed by atoms with Crippen LogP contribution in [0.2, 0.25) is 0 Å². The van der Waals surface area contributed by atoms with Gasteiger partial charge in [-0.05, 0) is 38.4 Å². The normalized spacial score (nSPS) is 22.2. The van der Waals surface area contributed by atoms with E-state index >= 15 is 0 Å². The van der Waals surface area contributed by atoms with E-state index < -0.39 is 10.0 Å². The fraction of sp³-hybridized carbons (Fsp3) is 0.667. The first-order valence-electron chi connectivity index (χ1n) is 6.31. The maximum Gasteiger partial charge on any atom is 0.213 e. The van der Waals surface area contributed by atoms with E-state index in [4.69, 9.17) is 4.42 Å². The van der Waals surface area contributed by atoms with Crippen LogP contribution in [0.3, 0.4) is 0 Å². The van der Waals surface area contributed by atoms with E-state index in [2.05, 4.69) is 10.0 Å². The first kappa shape index (κ1) is 13.6. The number of nitrogens with one attached hydrogen (secondary N) is 2. The molecule has 6 heteroatoms. The minimum atomic E-state index is -3.22. The fourth-order valence-corrected chi connectivity index (χ4v) is 3.90. The Bertz CT molecular complexity index is 450. The molecule has 0 aromatic carbocycles. The molecule has 2 unspecified atom stereocenters. The highest BCUT2D eigenvalue weighted by Crippen LogP contribution is 2.09. The molecule has 0 saturated carbocycles. The summed E-state index contributed by atoms with van der Waals surface area (Å²) in [5, 5.41) is 3.19. The Morgan fingerprint density at radius 2 is 2.44 bits per heavy atom. The predicted octanol–water partition coefficient (Wildman–Crippen LogP) is 0.882. The van der Waals surface area contributed by atoms with Crippen LogP contribution in [0.15, 0.2) is 22.8 Å². The minimum absolute atomic E-state index is 0.0957. The van der Waals surface area contributed by atoms with Crippen LogP contribution in [-0.2, 0) is 16.4 Å². The molecule has 1 aliphatic rings. The van der Waals surface area contributed by atoms with E-state index in [-0.39, 0.29) is 17.8 Å². The summed E-state index contributed by atoms with van der Waals surface area (Å²) in [7, 11) is -3.22. The van der Waals surface area contributed by atoms with Crippen molar-refractivity contribution in [3.05, 3.63) is 24.2 Å². The van der Waals surface area contributed by atoms with Gasteiger partial charge >= 0.3 is 0 Å². The lowest BCUT2D eigenvalue weighted by atomic mass is 10.2. The lowest BCUT2D eigenvalue weighted by Crippen LogP contribution is -2.41. The molecule has 102 valence electrons. The van der Waals surface area contributed by atoms with Crippen LogP contribution in [0.1, 0.15) is 25.5 Å². The van der Waals surface area contributed by atoms with Gasteiger partial charge in [0.25, 0.3) is 0 Å². The molecule has 1 fully saturated rings. The molecule has 2 heterocycles. The second-order valence-corrected chi connectivity index (χ2v) is 6.68. The van der Waals surface area contributed by atoms with Gasteiger partial charge in [-0.15, -0.1) is 0 Å². The van der Waals surface area contributed by atoms with Crippen molar-refractivity contribution in [2.45, 2.75) is 38.3 Å². The summed E-state index contributed by atoms with van der Waals surface area (Å²) in [4.78, 5) is 0. The smallest absolute Gasteiger partial charge is 0.213 e. The predicted molar refractivity (Wildman–Crippen MR) is 69.8 cm³/mol. The number of rotatable bonds is 6. The summed E-state index contributed by atoms with van der Waals surface area (Å²) in [5.74, 6) is 0.958. The van der Waals surface area contributed by atoms with Crippen LogP contribution >= 0.6 is 0 Å². The van der Waals surface area contributed by atoms with Crippen molar-refractivity contribution in [3.63, 3.8) is 0 Å². The first-order chi connectivity index (χ1) is 8.55. The Morgan fingerprint density at radius 3 is 3.06 bits per heavy atom. The molecular formula is C12H20N2O3S. The van der Waals surface area contributed by atoms with Crippen LogP contribution in [0.25, 0.3) is 0 Å². The Morgan fingerprint density at radius 1 is 1.61 bits per heavy atom. The summed E-state index contributed by atoms with van der Waals surface area (Å²) in [6.07, 6.45) is 4.17. The van der Waals surface area contributed by atoms with Gasteiger partial charge < -0.3 is 9.73 Å². The summed E-state index contributed by atoms with van der Waals surface area (Å²) in [6.45, 7) is 2.77. The molecule has 1 aromatic heterocycles. The monoisotopic (exact) mass is 272 g/mol. The van der Waals surface area contributed by atoms with Crippen LogP contribution in [0.4, 0.5) is 0 Å². The molecule has 0 amide bonds. The van der Waals surface area contributed by atoms with Crippen molar-refractivity contribution in [1.82, 2.24) is 10.0 Å². The molecule has 0 bridgehead atoms. The fourth-order valence-electron chi connectivity index (χ4n) is 2.29. The summed E-state index contributed by atoms with van der Waals surface area (Å²) < 4.78 is 31.8. The van der Waals surface area contributed by atoms with Crippen molar-refractivity contribution in [2.24, 2.45) is 0 Å². The van der Waals surface area contributed by atoms with Crippen molar-refractivity contribution >= 4 is 10.0 Å². The first-order valence-corrected chi connectivity index (χ1v) is 7.96. The van der Waals surface area contributed by atoms with Gasteiger partial charge in [-0.1, -0.05) is 0 Å². The second-order valence-electron chi connectivity index (χ2n) is 4.88. The van der Waals surface area contributed by atoms with E-state index in [0.717, 1.165) is 25.1 Å². The number of furan rings is 1. The van der Waals surface area contributed by atoms with Crippen molar-refractivity contribution in [3.8, 4) is 0 Å². The maximum absolute atomic E-state index is 11.9. The van der Waals surface area contributed by atoms with Gasteiger partial charge in [-0.25, -0.2) is 13.1 Å². The van der Waals surface area contributed by atoms with E-state index in [9.17, 15) is 8.42 Å². The maximum atomic E-state index is 11.9. The van der Waals surface area contributed by atoms with Gasteiger partial charge in [0.05, 0.1) is 12.0 Å². The summed E-state index contributed by atoms with van der Waals surface area (Å²) in [5.41, 5.74) is 0. The number of hydrogen-bond acceptors (Lipinski definition) is 4. The van der Waals surface area contributed by atoms with E-state index in [1.807, 2.05) is 13.0 Å². The lowest BCUT2D eigenvalue weighted by Gasteiger charge is -2.15. The second kappa shape index (κ2) is 5.86. The van der Waals surface area contributed by atoms with Gasteiger partial charge in [-0.3, -0.25) is 0 Å². The zero-order valence-electron chi connectivity index (χ0n) is 10.6. The molecule has 18 heavy (non-hydrogen) atoms. The lowest BCUT2D eigenvalue weighted by molar-refractivity contribution is 0.477. The van der Waals surface area contributed by atoms with Crippen molar-refractivity contribution in [2.75, 3.05) is 12.3 Å². The minimum Gasteiger partial charge on any atom is -0.469 e. The molecular weight excluding hydrogens is 252 g/mol. The summed E-state index contributed by atoms with van der Waals surface area (Å²) in [6, 6.07) is 3.60. The quantitative estimate of drug-likeness (QED) is 0.806. The average Bonchev–Trinajstić information content (AvgIpc) is 2.88. The molecule has 2 rings (SSSR count). The molecule has 1 aliphatic heterocycles. The zero-order chi connectivity index (χ0) is 13.0. The Hall–Kier alpha value is -0.850. The molecule has 2 atom stereocenters. The summed E-state index contributed by atoms with van der Waals surface area (Å²) >= 11 is 0. The third-order valence-electron chi connectivity index (χ3n) is 3.05. The zero-order valence-corrected chi connectivity index (χ0v) is 11.4. The van der Waals surface area contributed by atoms with Crippen LogP contribution in [0, 0.1) is 0 Å². The SMILES string of the molecule is CC(Cc1ccco1)NS(=O)(=O)CC1CCCN1. The van der Waals surface area contributed by atoms with Crippen LogP contribution in [-0.4, -0.2) is 32.8 Å². The highest BCUT2D eigenvalue weighted by Gasteiger charge is 2.23. The average molecular weight is 272 g/mol. The standard InChI is InChI=1S/C12H20N2O3S/c1-10(8-12-5-3-7-17-12)14-18(15,16)9-11-4-2-6-13-11/h3,5,7,10-11,13-14H,2,4,6,8-9H2,1H3. The Labute approximate surface area is 108 Å². The van der Waals surface area contributed by atoms with Crippen LogP contribution < -0.4 is 10.0 Å². The molecule has 5 nitrogen and oxygen atoms in total. The highest BCUT2D eigenvalue weighted by atomic mass is 32.2. The highest BCUT2D eigenvalue weighted by molar-refractivity contribution is 7.89. The van der Waals surface area contributed by atoms with E-state index in [0.29, 0.717) is 6.42 Å². The molecule has 0 aliphatic carbocycles. The van der Waals surface area contributed by atoms with Gasteiger partial charge in [0, 0.05) is 18.5 Å². The molecule has 2 N–H and O–H groups in total. The van der Waals surface area contributed by atoms with Crippen LogP contribution in [0.5, 0.6) is 0 Å². The van der Waals surface area contributed by atoms with Gasteiger partial charge in [0.15, 0.2) is 0 Å². The van der Waals surface area contributed by atoms with Gasteiger partial charge in [0.2, 0.25) is 10.0 Å². The topological polar surface area (TPSA) is 71.3 Å². The third kappa shape index (κ3) is 4.12. The Balaban J connectivity index is 1.83. The number of hydrogen-bond donors (Lipinski definition) is 2. The largest absolute Gasteiger partial charge is 0.469 e. The molecule has 0 radical (unpaired) electrons. The molecule has 1 saturated heterocycles. The molecule has 1 aromatic rings. The Kier molecular flexibility index (Phi) is 4.42. The van der Waals surface area contributed by atoms with Crippen molar-refractivity contribution < 1.29 is 12.8 Å². The van der Waals surface area contributed by atoms with Gasteiger partial charge in [-0.2, -0.15) is 0 Å². The third-order valence-corrected chi connectivity index (χ3v) is 4.65. The number of sulfonamides is 1. The van der Waals surface area contributed by atoms with E-state index in [1.54, 1.807) is 12.3 Å². The van der Waals surface area contributed by atoms with Gasteiger partial charge in [0.1, 0.15) is 5.76 Å². The van der Waals surface area contributed by atoms with Crippen molar-refractivity contribution in [1.29, 1.82) is 0 Å². The van der Waals surface area contributed by atoms with E-state index in [1.165, 1.54) is 0 Å².